The molecule has 0 aromatic rings. The topological polar surface area (TPSA) is 85.2 Å². The number of amides is 2. The molecular formula is C19H31FN4O2. The molecular weight excluding hydrogens is 335 g/mol. The van der Waals surface area contributed by atoms with Crippen molar-refractivity contribution in [3.8, 4) is 6.07 Å². The summed E-state index contributed by atoms with van der Waals surface area (Å²) in [7, 11) is 0. The predicted octanol–water partition coefficient (Wildman–Crippen LogP) is 1.90. The summed E-state index contributed by atoms with van der Waals surface area (Å²) in [5.74, 6) is 0.305. The number of nitriles is 1. The number of alkyl halides is 1. The normalized spacial score (nSPS) is 35.2. The van der Waals surface area contributed by atoms with E-state index in [-0.39, 0.29) is 18.4 Å². The molecule has 26 heavy (non-hydrogen) atoms. The first-order valence-electron chi connectivity index (χ1n) is 9.72. The third kappa shape index (κ3) is 4.35. The van der Waals surface area contributed by atoms with Crippen LogP contribution in [0.25, 0.3) is 0 Å². The molecule has 4 rings (SSSR count). The number of carbonyl (C=O) groups excluding carboxylic acids is 2. The Morgan fingerprint density at radius 2 is 1.85 bits per heavy atom. The van der Waals surface area contributed by atoms with Gasteiger partial charge in [-0.2, -0.15) is 5.26 Å². The van der Waals surface area contributed by atoms with Crippen LogP contribution in [0.1, 0.15) is 58.8 Å². The van der Waals surface area contributed by atoms with E-state index in [0.29, 0.717) is 17.9 Å². The zero-order valence-electron chi connectivity index (χ0n) is 15.9. The van der Waals surface area contributed by atoms with E-state index in [1.807, 2.05) is 13.0 Å². The smallest absolute Gasteiger partial charge is 0.226 e. The van der Waals surface area contributed by atoms with E-state index in [1.165, 1.54) is 24.2 Å². The molecule has 2 unspecified atom stereocenters. The van der Waals surface area contributed by atoms with Gasteiger partial charge in [0, 0.05) is 23.9 Å². The lowest BCUT2D eigenvalue weighted by atomic mass is 9.57. The zero-order valence-corrected chi connectivity index (χ0v) is 15.9. The number of rotatable bonds is 5. The molecule has 6 nitrogen and oxygen atoms in total. The molecule has 2 amide bonds. The summed E-state index contributed by atoms with van der Waals surface area (Å²) >= 11 is 0. The Kier molecular flexibility index (Phi) is 6.99. The van der Waals surface area contributed by atoms with Crippen molar-refractivity contribution < 1.29 is 14.0 Å². The Morgan fingerprint density at radius 3 is 2.27 bits per heavy atom. The van der Waals surface area contributed by atoms with Crippen LogP contribution in [0.4, 0.5) is 4.39 Å². The number of hydrogen-bond donors (Lipinski definition) is 2. The van der Waals surface area contributed by atoms with Crippen LogP contribution in [0.15, 0.2) is 0 Å². The number of hydrogen-bond acceptors (Lipinski definition) is 4. The van der Waals surface area contributed by atoms with Gasteiger partial charge in [-0.3, -0.25) is 9.59 Å². The maximum Gasteiger partial charge on any atom is 0.226 e. The fourth-order valence-electron chi connectivity index (χ4n) is 4.57. The monoisotopic (exact) mass is 366 g/mol. The average molecular weight is 366 g/mol. The summed E-state index contributed by atoms with van der Waals surface area (Å²) in [6.07, 6.45) is 6.43. The number of likely N-dealkylation sites (tertiary alicyclic amines) is 1. The quantitative estimate of drug-likeness (QED) is 0.728. The Balaban J connectivity index is 0.000000209. The van der Waals surface area contributed by atoms with E-state index in [2.05, 4.69) is 17.6 Å². The van der Waals surface area contributed by atoms with Gasteiger partial charge < -0.3 is 15.5 Å². The summed E-state index contributed by atoms with van der Waals surface area (Å²) in [6.45, 7) is 6.06. The molecule has 2 bridgehead atoms. The van der Waals surface area contributed by atoms with Gasteiger partial charge in [0.15, 0.2) is 0 Å². The molecule has 3 saturated carbocycles. The Hall–Kier alpha value is -1.68. The molecule has 0 spiro atoms. The fourth-order valence-corrected chi connectivity index (χ4v) is 4.57. The molecule has 7 heteroatoms. The highest BCUT2D eigenvalue weighted by atomic mass is 19.1. The second kappa shape index (κ2) is 8.81. The Bertz CT molecular complexity index is 524. The second-order valence-corrected chi connectivity index (χ2v) is 7.73. The average Bonchev–Trinajstić information content (AvgIpc) is 3.04. The molecule has 3 aliphatic carbocycles. The van der Waals surface area contributed by atoms with E-state index in [4.69, 9.17) is 5.26 Å². The van der Waals surface area contributed by atoms with E-state index >= 15 is 0 Å². The zero-order chi connectivity index (χ0) is 19.2. The highest BCUT2D eigenvalue weighted by Gasteiger charge is 2.51. The molecule has 1 saturated heterocycles. The highest BCUT2D eigenvalue weighted by Crippen LogP contribution is 2.52. The molecule has 1 aliphatic heterocycles. The number of carbonyl (C=O) groups is 2. The van der Waals surface area contributed by atoms with Gasteiger partial charge in [0.1, 0.15) is 12.2 Å². The number of fused-ring (bicyclic) bond motifs is 3. The molecule has 1 heterocycles. The van der Waals surface area contributed by atoms with Crippen LogP contribution >= 0.6 is 0 Å². The van der Waals surface area contributed by atoms with Gasteiger partial charge in [-0.15, -0.1) is 0 Å². The van der Waals surface area contributed by atoms with Crippen molar-refractivity contribution in [3.05, 3.63) is 0 Å². The van der Waals surface area contributed by atoms with E-state index in [0.717, 1.165) is 32.4 Å². The lowest BCUT2D eigenvalue weighted by molar-refractivity contribution is -0.138. The van der Waals surface area contributed by atoms with Crippen molar-refractivity contribution >= 4 is 12.3 Å². The summed E-state index contributed by atoms with van der Waals surface area (Å²) in [6, 6.07) is 1.30. The highest BCUT2D eigenvalue weighted by molar-refractivity contribution is 5.83. The van der Waals surface area contributed by atoms with Crippen molar-refractivity contribution in [3.63, 3.8) is 0 Å². The van der Waals surface area contributed by atoms with Gasteiger partial charge in [-0.25, -0.2) is 4.39 Å². The van der Waals surface area contributed by atoms with Crippen LogP contribution in [0.2, 0.25) is 0 Å². The van der Waals surface area contributed by atoms with Crippen molar-refractivity contribution in [1.82, 2.24) is 15.5 Å². The van der Waals surface area contributed by atoms with Crippen molar-refractivity contribution in [1.29, 1.82) is 5.26 Å². The lowest BCUT2D eigenvalue weighted by Gasteiger charge is -2.52. The van der Waals surface area contributed by atoms with Crippen molar-refractivity contribution in [2.75, 3.05) is 19.6 Å². The lowest BCUT2D eigenvalue weighted by Crippen LogP contribution is -2.58. The molecule has 4 aliphatic rings. The molecule has 2 N–H and O–H groups in total. The molecule has 146 valence electrons. The summed E-state index contributed by atoms with van der Waals surface area (Å²) in [5, 5.41) is 15.0. The predicted molar refractivity (Wildman–Crippen MR) is 96.9 cm³/mol. The second-order valence-electron chi connectivity index (χ2n) is 7.73. The molecule has 0 aromatic carbocycles. The van der Waals surface area contributed by atoms with Gasteiger partial charge in [-0.05, 0) is 52.0 Å². The number of halogens is 1. The summed E-state index contributed by atoms with van der Waals surface area (Å²) in [5.41, 5.74) is 0.343. The van der Waals surface area contributed by atoms with Gasteiger partial charge in [-0.1, -0.05) is 6.92 Å². The standard InChI is InChI=1S/C13H24N2O.C6H7FN2O/c1-3-14-11(16)12-5-8-13(9-6-12,10-7-12)15-4-2;7-5-1-6(2-8)9(3-5)4-10/h15H,3-10H2,1-2H3,(H,14,16);4-6H,1,3H2. The Morgan fingerprint density at radius 1 is 1.23 bits per heavy atom. The summed E-state index contributed by atoms with van der Waals surface area (Å²) in [4.78, 5) is 23.4. The van der Waals surface area contributed by atoms with Crippen LogP contribution in [-0.2, 0) is 9.59 Å². The molecule has 4 fully saturated rings. The van der Waals surface area contributed by atoms with E-state index in [9.17, 15) is 14.0 Å². The first-order chi connectivity index (χ1) is 12.4. The SMILES string of the molecule is CCNC(=O)C12CCC(NCC)(CC1)CC2.N#CC1CC(F)CN1C=O. The van der Waals surface area contributed by atoms with Crippen LogP contribution in [0, 0.1) is 16.7 Å². The molecule has 0 aromatic heterocycles. The van der Waals surface area contributed by atoms with Gasteiger partial charge in [0.05, 0.1) is 12.6 Å². The molecule has 0 radical (unpaired) electrons. The first kappa shape index (κ1) is 20.6. The maximum absolute atomic E-state index is 12.4. The van der Waals surface area contributed by atoms with Crippen molar-refractivity contribution in [2.45, 2.75) is 76.5 Å². The minimum atomic E-state index is -1.02. The third-order valence-corrected chi connectivity index (χ3v) is 6.19. The summed E-state index contributed by atoms with van der Waals surface area (Å²) < 4.78 is 12.4. The van der Waals surface area contributed by atoms with Crippen LogP contribution in [0.3, 0.4) is 0 Å². The van der Waals surface area contributed by atoms with Crippen LogP contribution < -0.4 is 10.6 Å². The number of nitrogens with zero attached hydrogens (tertiary/aromatic N) is 2. The maximum atomic E-state index is 12.4. The van der Waals surface area contributed by atoms with Gasteiger partial charge in [0.2, 0.25) is 12.3 Å². The van der Waals surface area contributed by atoms with Gasteiger partial charge >= 0.3 is 0 Å². The van der Waals surface area contributed by atoms with Crippen LogP contribution in [-0.4, -0.2) is 54.6 Å². The minimum Gasteiger partial charge on any atom is -0.356 e. The van der Waals surface area contributed by atoms with E-state index in [1.54, 1.807) is 0 Å². The number of nitrogens with one attached hydrogen (secondary N) is 2. The van der Waals surface area contributed by atoms with Gasteiger partial charge in [0.25, 0.3) is 0 Å². The first-order valence-corrected chi connectivity index (χ1v) is 9.72. The van der Waals surface area contributed by atoms with Crippen LogP contribution in [0.5, 0.6) is 0 Å². The molecule has 2 atom stereocenters. The Labute approximate surface area is 155 Å². The largest absolute Gasteiger partial charge is 0.356 e. The third-order valence-electron chi connectivity index (χ3n) is 6.19. The minimum absolute atomic E-state index is 0.0207. The fraction of sp³-hybridized carbons (Fsp3) is 0.842. The van der Waals surface area contributed by atoms with Crippen molar-refractivity contribution in [2.24, 2.45) is 5.41 Å². The van der Waals surface area contributed by atoms with E-state index < -0.39 is 12.2 Å².